The molecule has 0 fully saturated rings. The van der Waals surface area contributed by atoms with Crippen LogP contribution >= 0.6 is 11.8 Å². The van der Waals surface area contributed by atoms with Gasteiger partial charge in [0, 0.05) is 23.7 Å². The van der Waals surface area contributed by atoms with Crippen LogP contribution in [0.3, 0.4) is 0 Å². The molecule has 0 N–H and O–H groups in total. The van der Waals surface area contributed by atoms with Crippen LogP contribution in [0, 0.1) is 22.3 Å². The average molecular weight is 200 g/mol. The van der Waals surface area contributed by atoms with Gasteiger partial charge in [0.2, 0.25) is 0 Å². The van der Waals surface area contributed by atoms with Crippen molar-refractivity contribution in [3.63, 3.8) is 0 Å². The number of rotatable bonds is 1. The average Bonchev–Trinajstić information content (AvgIpc) is 2.25. The largest absolute Gasteiger partial charge is 0.0903 e. The van der Waals surface area contributed by atoms with Crippen molar-refractivity contribution >= 4 is 11.8 Å². The molecule has 0 aliphatic heterocycles. The third kappa shape index (κ3) is 4.65. The highest BCUT2D eigenvalue weighted by atomic mass is 32.2. The zero-order chi connectivity index (χ0) is 10.1. The maximum atomic E-state index is 3.03. The van der Waals surface area contributed by atoms with Crippen LogP contribution in [0.2, 0.25) is 0 Å². The van der Waals surface area contributed by atoms with Crippen molar-refractivity contribution in [3.8, 4) is 22.3 Å². The SMILES string of the molecule is CCCC#CSC#Cc1ccccc1. The minimum absolute atomic E-state index is 0.958. The molecule has 0 aliphatic carbocycles. The minimum Gasteiger partial charge on any atom is -0.0903 e. The summed E-state index contributed by atoms with van der Waals surface area (Å²) in [5.74, 6) is 6.06. The first-order valence-corrected chi connectivity index (χ1v) is 5.45. The molecule has 0 unspecified atom stereocenters. The van der Waals surface area contributed by atoms with E-state index in [4.69, 9.17) is 0 Å². The first-order valence-electron chi connectivity index (χ1n) is 4.63. The van der Waals surface area contributed by atoms with Crippen LogP contribution in [-0.4, -0.2) is 0 Å². The Balaban J connectivity index is 2.39. The van der Waals surface area contributed by atoms with Gasteiger partial charge in [0.25, 0.3) is 0 Å². The fraction of sp³-hybridized carbons (Fsp3) is 0.231. The summed E-state index contributed by atoms with van der Waals surface area (Å²) in [6, 6.07) is 9.94. The summed E-state index contributed by atoms with van der Waals surface area (Å²) in [5.41, 5.74) is 1.04. The molecule has 0 aliphatic rings. The van der Waals surface area contributed by atoms with Gasteiger partial charge in [-0.15, -0.1) is 0 Å². The first kappa shape index (κ1) is 10.8. The van der Waals surface area contributed by atoms with Crippen LogP contribution in [0.15, 0.2) is 30.3 Å². The standard InChI is InChI=1S/C13H12S/c1-2-3-7-11-14-12-10-13-8-5-4-6-9-13/h4-6,8-9H,2-3H2,1H3. The van der Waals surface area contributed by atoms with Gasteiger partial charge in [-0.25, -0.2) is 0 Å². The van der Waals surface area contributed by atoms with Crippen LogP contribution < -0.4 is 0 Å². The summed E-state index contributed by atoms with van der Waals surface area (Å²) in [6.45, 7) is 2.12. The number of unbranched alkanes of at least 4 members (excludes halogenated alkanes) is 1. The summed E-state index contributed by atoms with van der Waals surface area (Å²) in [4.78, 5) is 0. The monoisotopic (exact) mass is 200 g/mol. The van der Waals surface area contributed by atoms with Crippen LogP contribution in [0.1, 0.15) is 25.3 Å². The van der Waals surface area contributed by atoms with Crippen LogP contribution in [0.5, 0.6) is 0 Å². The second-order valence-electron chi connectivity index (χ2n) is 2.72. The van der Waals surface area contributed by atoms with Gasteiger partial charge in [-0.05, 0) is 29.1 Å². The molecule has 0 amide bonds. The van der Waals surface area contributed by atoms with E-state index in [1.807, 2.05) is 30.3 Å². The van der Waals surface area contributed by atoms with Gasteiger partial charge in [0.1, 0.15) is 0 Å². The molecule has 70 valence electrons. The molecule has 0 saturated carbocycles. The van der Waals surface area contributed by atoms with Crippen molar-refractivity contribution in [3.05, 3.63) is 35.9 Å². The molecule has 0 spiro atoms. The Kier molecular flexibility index (Phi) is 5.48. The van der Waals surface area contributed by atoms with Gasteiger partial charge in [-0.2, -0.15) is 0 Å². The zero-order valence-electron chi connectivity index (χ0n) is 8.21. The fourth-order valence-corrected chi connectivity index (χ4v) is 1.24. The number of hydrogen-bond donors (Lipinski definition) is 0. The van der Waals surface area contributed by atoms with E-state index < -0.39 is 0 Å². The van der Waals surface area contributed by atoms with Gasteiger partial charge in [-0.1, -0.05) is 37.0 Å². The third-order valence-corrected chi connectivity index (χ3v) is 1.97. The van der Waals surface area contributed by atoms with Gasteiger partial charge in [-0.3, -0.25) is 0 Å². The smallest absolute Gasteiger partial charge is 0.0254 e. The van der Waals surface area contributed by atoms with Gasteiger partial charge < -0.3 is 0 Å². The quantitative estimate of drug-likeness (QED) is 0.625. The molecular weight excluding hydrogens is 188 g/mol. The maximum absolute atomic E-state index is 3.03. The predicted octanol–water partition coefficient (Wildman–Crippen LogP) is 3.49. The highest BCUT2D eigenvalue weighted by molar-refractivity contribution is 8.08. The van der Waals surface area contributed by atoms with E-state index in [2.05, 4.69) is 29.3 Å². The van der Waals surface area contributed by atoms with Crippen LogP contribution in [-0.2, 0) is 0 Å². The highest BCUT2D eigenvalue weighted by Crippen LogP contribution is 1.98. The Labute approximate surface area is 90.1 Å². The third-order valence-electron chi connectivity index (χ3n) is 1.52. The summed E-state index contributed by atoms with van der Waals surface area (Å²) in [5, 5.41) is 5.90. The van der Waals surface area contributed by atoms with Crippen LogP contribution in [0.25, 0.3) is 0 Å². The number of thioether (sulfide) groups is 1. The molecule has 1 aromatic rings. The van der Waals surface area contributed by atoms with E-state index in [1.165, 1.54) is 11.8 Å². The molecule has 0 aromatic heterocycles. The maximum Gasteiger partial charge on any atom is 0.0254 e. The second kappa shape index (κ2) is 7.13. The van der Waals surface area contributed by atoms with Gasteiger partial charge in [0.15, 0.2) is 0 Å². The summed E-state index contributed by atoms with van der Waals surface area (Å²) < 4.78 is 0. The van der Waals surface area contributed by atoms with Crippen molar-refractivity contribution in [2.24, 2.45) is 0 Å². The van der Waals surface area contributed by atoms with Gasteiger partial charge in [0.05, 0.1) is 0 Å². The van der Waals surface area contributed by atoms with Gasteiger partial charge >= 0.3 is 0 Å². The van der Waals surface area contributed by atoms with E-state index in [9.17, 15) is 0 Å². The normalized spacial score (nSPS) is 8.07. The summed E-state index contributed by atoms with van der Waals surface area (Å²) >= 11 is 1.37. The van der Waals surface area contributed by atoms with E-state index >= 15 is 0 Å². The lowest BCUT2D eigenvalue weighted by Gasteiger charge is -1.84. The molecule has 0 radical (unpaired) electrons. The number of benzene rings is 1. The van der Waals surface area contributed by atoms with Crippen molar-refractivity contribution in [2.45, 2.75) is 19.8 Å². The molecule has 14 heavy (non-hydrogen) atoms. The lowest BCUT2D eigenvalue weighted by molar-refractivity contribution is 0.984. The van der Waals surface area contributed by atoms with Crippen molar-refractivity contribution in [1.29, 1.82) is 0 Å². The van der Waals surface area contributed by atoms with Crippen LogP contribution in [0.4, 0.5) is 0 Å². The lowest BCUT2D eigenvalue weighted by Crippen LogP contribution is -1.68. The molecule has 0 atom stereocenters. The predicted molar refractivity (Wildman–Crippen MR) is 63.6 cm³/mol. The molecule has 1 rings (SSSR count). The molecule has 0 saturated heterocycles. The molecular formula is C13H12S. The Morgan fingerprint density at radius 3 is 2.64 bits per heavy atom. The van der Waals surface area contributed by atoms with Crippen molar-refractivity contribution < 1.29 is 0 Å². The Morgan fingerprint density at radius 2 is 1.93 bits per heavy atom. The fourth-order valence-electron chi connectivity index (χ4n) is 0.844. The van der Waals surface area contributed by atoms with E-state index in [1.54, 1.807) is 0 Å². The van der Waals surface area contributed by atoms with E-state index in [0.29, 0.717) is 0 Å². The Morgan fingerprint density at radius 1 is 1.14 bits per heavy atom. The lowest BCUT2D eigenvalue weighted by atomic mass is 10.2. The molecule has 1 heteroatoms. The topological polar surface area (TPSA) is 0 Å². The first-order chi connectivity index (χ1) is 6.93. The van der Waals surface area contributed by atoms with E-state index in [0.717, 1.165) is 18.4 Å². The zero-order valence-corrected chi connectivity index (χ0v) is 9.03. The van der Waals surface area contributed by atoms with Crippen molar-refractivity contribution in [1.82, 2.24) is 0 Å². The highest BCUT2D eigenvalue weighted by Gasteiger charge is 1.79. The number of hydrogen-bond acceptors (Lipinski definition) is 1. The molecule has 0 nitrogen and oxygen atoms in total. The second-order valence-corrected chi connectivity index (χ2v) is 3.34. The summed E-state index contributed by atoms with van der Waals surface area (Å²) in [6.07, 6.45) is 2.07. The Bertz CT molecular complexity index is 370. The molecule has 0 bridgehead atoms. The minimum atomic E-state index is 0.958. The Hall–Kier alpha value is -1.31. The molecule has 0 heterocycles. The molecule has 1 aromatic carbocycles. The van der Waals surface area contributed by atoms with E-state index in [-0.39, 0.29) is 0 Å². The summed E-state index contributed by atoms with van der Waals surface area (Å²) in [7, 11) is 0. The van der Waals surface area contributed by atoms with Crippen molar-refractivity contribution in [2.75, 3.05) is 0 Å².